The van der Waals surface area contributed by atoms with Crippen molar-refractivity contribution in [3.63, 3.8) is 0 Å². The van der Waals surface area contributed by atoms with Gasteiger partial charge in [-0.15, -0.1) is 0 Å². The van der Waals surface area contributed by atoms with Gasteiger partial charge in [-0.3, -0.25) is 14.5 Å². The summed E-state index contributed by atoms with van der Waals surface area (Å²) in [6.45, 7) is 4.17. The third kappa shape index (κ3) is 10.4. The highest BCUT2D eigenvalue weighted by Gasteiger charge is 2.35. The lowest BCUT2D eigenvalue weighted by Gasteiger charge is -2.29. The number of carboxylic acid groups (broad SMARTS) is 1. The van der Waals surface area contributed by atoms with Gasteiger partial charge < -0.3 is 16.6 Å². The topological polar surface area (TPSA) is 127 Å². The number of rotatable bonds is 16. The van der Waals surface area contributed by atoms with Crippen molar-refractivity contribution >= 4 is 17.8 Å². The number of carbonyl (C=O) groups is 3. The molecule has 1 rings (SSSR count). The van der Waals surface area contributed by atoms with Crippen molar-refractivity contribution in [3.05, 3.63) is 35.9 Å². The van der Waals surface area contributed by atoms with E-state index in [2.05, 4.69) is 13.8 Å². The number of nitrogens with zero attached hydrogens (tertiary/aromatic N) is 1. The molecule has 7 nitrogen and oxygen atoms in total. The van der Waals surface area contributed by atoms with Crippen molar-refractivity contribution in [2.75, 3.05) is 0 Å². The number of carbonyl (C=O) groups excluding carboxylic acids is 2. The molecule has 0 aromatic heterocycles. The fraction of sp³-hybridized carbons (Fsp3) is 0.640. The molecule has 1 aromatic carbocycles. The number of carboxylic acids is 1. The molecule has 180 valence electrons. The van der Waals surface area contributed by atoms with E-state index in [1.165, 1.54) is 0 Å². The Hall–Kier alpha value is -2.25. The molecule has 0 saturated carbocycles. The van der Waals surface area contributed by atoms with E-state index in [1.54, 1.807) is 24.3 Å². The van der Waals surface area contributed by atoms with Crippen LogP contribution in [-0.2, 0) is 20.8 Å². The molecule has 0 radical (unpaired) electrons. The first-order chi connectivity index (χ1) is 15.3. The Bertz CT molecular complexity index is 666. The standard InChI is InChI=1S/C25H41N3O4/c1-3-5-8-14-20(26)17-23(29)28(24(30)18-21(27)15-9-6-4-2)22(25(31)32)16-19-12-10-7-11-13-19/h7,10-13,20-22H,3-6,8-9,14-18,26-27H2,1-2H3,(H,31,32)/t20-,21?,22-/m0/s1. The van der Waals surface area contributed by atoms with Gasteiger partial charge in [-0.25, -0.2) is 4.79 Å². The second-order valence-corrected chi connectivity index (χ2v) is 8.62. The second-order valence-electron chi connectivity index (χ2n) is 8.62. The minimum absolute atomic E-state index is 0.0454. The first-order valence-electron chi connectivity index (χ1n) is 11.9. The van der Waals surface area contributed by atoms with Crippen molar-refractivity contribution in [2.45, 2.75) is 103 Å². The Labute approximate surface area is 192 Å². The molecule has 3 atom stereocenters. The average molecular weight is 448 g/mol. The molecule has 0 heterocycles. The predicted molar refractivity (Wildman–Crippen MR) is 127 cm³/mol. The summed E-state index contributed by atoms with van der Waals surface area (Å²) >= 11 is 0. The second kappa shape index (κ2) is 15.5. The molecule has 0 aliphatic rings. The molecule has 7 heteroatoms. The summed E-state index contributed by atoms with van der Waals surface area (Å²) in [5, 5.41) is 9.91. The molecular formula is C25H41N3O4. The van der Waals surface area contributed by atoms with Crippen LogP contribution in [0.15, 0.2) is 30.3 Å². The van der Waals surface area contributed by atoms with Crippen molar-refractivity contribution in [2.24, 2.45) is 11.5 Å². The highest BCUT2D eigenvalue weighted by Crippen LogP contribution is 2.17. The lowest BCUT2D eigenvalue weighted by molar-refractivity contribution is -0.158. The van der Waals surface area contributed by atoms with E-state index in [-0.39, 0.29) is 19.3 Å². The molecule has 0 aliphatic heterocycles. The maximum absolute atomic E-state index is 13.1. The van der Waals surface area contributed by atoms with Crippen LogP contribution in [0.5, 0.6) is 0 Å². The zero-order chi connectivity index (χ0) is 23.9. The SMILES string of the molecule is CCCCCC(N)CC(=O)N(C(=O)C[C@@H](N)CCCCC)[C@@H](Cc1ccccc1)C(=O)O. The Morgan fingerprint density at radius 3 is 1.72 bits per heavy atom. The van der Waals surface area contributed by atoms with E-state index in [0.717, 1.165) is 49.0 Å². The molecule has 2 amide bonds. The van der Waals surface area contributed by atoms with E-state index in [9.17, 15) is 19.5 Å². The Balaban J connectivity index is 3.01. The van der Waals surface area contributed by atoms with Crippen molar-refractivity contribution in [3.8, 4) is 0 Å². The number of nitrogens with two attached hydrogens (primary N) is 2. The van der Waals surface area contributed by atoms with Gasteiger partial charge in [0.05, 0.1) is 0 Å². The first-order valence-corrected chi connectivity index (χ1v) is 11.9. The predicted octanol–water partition coefficient (Wildman–Crippen LogP) is 3.63. The zero-order valence-corrected chi connectivity index (χ0v) is 19.7. The van der Waals surface area contributed by atoms with Crippen LogP contribution < -0.4 is 11.5 Å². The number of aliphatic carboxylic acids is 1. The minimum atomic E-state index is -1.29. The summed E-state index contributed by atoms with van der Waals surface area (Å²) in [4.78, 5) is 39.3. The van der Waals surface area contributed by atoms with Gasteiger partial charge in [-0.2, -0.15) is 0 Å². The van der Waals surface area contributed by atoms with Crippen LogP contribution in [0.4, 0.5) is 0 Å². The van der Waals surface area contributed by atoms with Crippen LogP contribution in [0.25, 0.3) is 0 Å². The van der Waals surface area contributed by atoms with Crippen LogP contribution in [0, 0.1) is 0 Å². The number of unbranched alkanes of at least 4 members (excludes halogenated alkanes) is 4. The molecule has 1 aromatic rings. The number of benzene rings is 1. The summed E-state index contributed by atoms with van der Waals surface area (Å²) in [6.07, 6.45) is 7.16. The third-order valence-corrected chi connectivity index (χ3v) is 5.64. The Kier molecular flexibility index (Phi) is 13.5. The normalized spacial score (nSPS) is 13.9. The maximum atomic E-state index is 13.1. The van der Waals surface area contributed by atoms with Gasteiger partial charge in [0.15, 0.2) is 0 Å². The van der Waals surface area contributed by atoms with Crippen LogP contribution in [0.3, 0.4) is 0 Å². The van der Waals surface area contributed by atoms with Crippen molar-refractivity contribution < 1.29 is 19.5 Å². The van der Waals surface area contributed by atoms with Gasteiger partial charge >= 0.3 is 5.97 Å². The first kappa shape index (κ1) is 27.8. The van der Waals surface area contributed by atoms with E-state index in [1.807, 2.05) is 6.07 Å². The molecule has 0 bridgehead atoms. The molecule has 0 aliphatic carbocycles. The van der Waals surface area contributed by atoms with Gasteiger partial charge in [-0.1, -0.05) is 82.7 Å². The highest BCUT2D eigenvalue weighted by atomic mass is 16.4. The highest BCUT2D eigenvalue weighted by molar-refractivity contribution is 5.99. The van der Waals surface area contributed by atoms with Crippen LogP contribution in [-0.4, -0.2) is 45.9 Å². The van der Waals surface area contributed by atoms with Gasteiger partial charge in [0.1, 0.15) is 6.04 Å². The van der Waals surface area contributed by atoms with E-state index >= 15 is 0 Å². The molecule has 0 fully saturated rings. The van der Waals surface area contributed by atoms with Crippen molar-refractivity contribution in [1.82, 2.24) is 4.90 Å². The van der Waals surface area contributed by atoms with Gasteiger partial charge in [0.2, 0.25) is 11.8 Å². The zero-order valence-electron chi connectivity index (χ0n) is 19.7. The average Bonchev–Trinajstić information content (AvgIpc) is 2.74. The number of imide groups is 1. The monoisotopic (exact) mass is 447 g/mol. The summed E-state index contributed by atoms with van der Waals surface area (Å²) in [5.74, 6) is -2.29. The number of hydrogen-bond acceptors (Lipinski definition) is 5. The van der Waals surface area contributed by atoms with Crippen LogP contribution >= 0.6 is 0 Å². The summed E-state index contributed by atoms with van der Waals surface area (Å²) in [6, 6.07) is 6.90. The van der Waals surface area contributed by atoms with Gasteiger partial charge in [0, 0.05) is 31.3 Å². The minimum Gasteiger partial charge on any atom is -0.480 e. The largest absolute Gasteiger partial charge is 0.480 e. The smallest absolute Gasteiger partial charge is 0.327 e. The van der Waals surface area contributed by atoms with Gasteiger partial charge in [0.25, 0.3) is 0 Å². The quantitative estimate of drug-likeness (QED) is 0.332. The fourth-order valence-electron chi connectivity index (χ4n) is 3.78. The molecule has 32 heavy (non-hydrogen) atoms. The third-order valence-electron chi connectivity index (χ3n) is 5.64. The Morgan fingerprint density at radius 1 is 0.844 bits per heavy atom. The Morgan fingerprint density at radius 2 is 1.31 bits per heavy atom. The van der Waals surface area contributed by atoms with E-state index in [4.69, 9.17) is 11.5 Å². The van der Waals surface area contributed by atoms with Gasteiger partial charge in [-0.05, 0) is 18.4 Å². The summed E-state index contributed by atoms with van der Waals surface area (Å²) < 4.78 is 0. The number of hydrogen-bond donors (Lipinski definition) is 3. The van der Waals surface area contributed by atoms with Crippen molar-refractivity contribution in [1.29, 1.82) is 0 Å². The number of amides is 2. The molecular weight excluding hydrogens is 406 g/mol. The molecule has 0 spiro atoms. The lowest BCUT2D eigenvalue weighted by atomic mass is 10.00. The molecule has 1 unspecified atom stereocenters. The fourth-order valence-corrected chi connectivity index (χ4v) is 3.78. The van der Waals surface area contributed by atoms with E-state index < -0.39 is 35.9 Å². The van der Waals surface area contributed by atoms with E-state index in [0.29, 0.717) is 12.8 Å². The van der Waals surface area contributed by atoms with Crippen LogP contribution in [0.1, 0.15) is 83.6 Å². The molecule has 5 N–H and O–H groups in total. The molecule has 0 saturated heterocycles. The maximum Gasteiger partial charge on any atom is 0.327 e. The lowest BCUT2D eigenvalue weighted by Crippen LogP contribution is -2.52. The summed E-state index contributed by atoms with van der Waals surface area (Å²) in [7, 11) is 0. The summed E-state index contributed by atoms with van der Waals surface area (Å²) in [5.41, 5.74) is 13.0. The van der Waals surface area contributed by atoms with Crippen LogP contribution in [0.2, 0.25) is 0 Å².